The number of aromatic nitrogens is 6. The lowest BCUT2D eigenvalue weighted by molar-refractivity contribution is 0.842. The van der Waals surface area contributed by atoms with Gasteiger partial charge in [0.25, 0.3) is 0 Å². The first kappa shape index (κ1) is 19.7. The molecule has 0 atom stereocenters. The summed E-state index contributed by atoms with van der Waals surface area (Å²) in [6.07, 6.45) is 1.61. The summed E-state index contributed by atoms with van der Waals surface area (Å²) in [5, 5.41) is 16.5. The maximum Gasteiger partial charge on any atom is 0.0444 e. The van der Waals surface area contributed by atoms with Crippen molar-refractivity contribution in [3.05, 3.63) is 23.3 Å². The summed E-state index contributed by atoms with van der Waals surface area (Å²) in [6, 6.07) is 0. The van der Waals surface area contributed by atoms with Crippen molar-refractivity contribution in [2.24, 2.45) is 20.0 Å². The van der Waals surface area contributed by atoms with Crippen LogP contribution in [-0.2, 0) is 0 Å². The van der Waals surface area contributed by atoms with Crippen molar-refractivity contribution in [1.82, 2.24) is 30.4 Å². The molecule has 0 saturated carbocycles. The van der Waals surface area contributed by atoms with Crippen molar-refractivity contribution in [1.29, 1.82) is 0 Å². The summed E-state index contributed by atoms with van der Waals surface area (Å²) >= 11 is 0. The summed E-state index contributed by atoms with van der Waals surface area (Å²) < 4.78 is 0. The van der Waals surface area contributed by atoms with Crippen LogP contribution in [0, 0.1) is 0 Å². The first-order chi connectivity index (χ1) is 13.5. The molecule has 0 fully saturated rings. The number of aliphatic imine (C=N–C) groups is 4. The van der Waals surface area contributed by atoms with Gasteiger partial charge in [0.1, 0.15) is 0 Å². The largest absolute Gasteiger partial charge is 0.355 e. The Balaban J connectivity index is 1.80. The molecule has 0 spiro atoms. The minimum absolute atomic E-state index is 0.544. The number of rotatable bonds is 0. The summed E-state index contributed by atoms with van der Waals surface area (Å²) in [5.74, 6) is 2.18. The lowest BCUT2D eigenvalue weighted by Gasteiger charge is -2.04. The molecule has 1 aliphatic rings. The molecule has 10 heteroatoms. The second kappa shape index (κ2) is 9.25. The molecule has 3 rings (SSSR count). The minimum Gasteiger partial charge on any atom is -0.355 e. The van der Waals surface area contributed by atoms with Crippen molar-refractivity contribution in [3.63, 3.8) is 0 Å². The zero-order valence-corrected chi connectivity index (χ0v) is 16.7. The van der Waals surface area contributed by atoms with E-state index in [1.807, 2.05) is 27.7 Å². The fraction of sp³-hybridized carbons (Fsp3) is 0.556. The molecule has 0 saturated heterocycles. The number of fused-ring (bicyclic) bond motifs is 4. The molecule has 10 nitrogen and oxygen atoms in total. The highest BCUT2D eigenvalue weighted by Crippen LogP contribution is 2.01. The van der Waals surface area contributed by atoms with Crippen LogP contribution in [-0.4, -0.2) is 69.4 Å². The highest BCUT2D eigenvalue weighted by Gasteiger charge is 2.02. The molecule has 28 heavy (non-hydrogen) atoms. The summed E-state index contributed by atoms with van der Waals surface area (Å²) in [5.41, 5.74) is 3.05. The Morgan fingerprint density at radius 2 is 0.714 bits per heavy atom. The van der Waals surface area contributed by atoms with Crippen LogP contribution in [0.1, 0.15) is 63.8 Å². The van der Waals surface area contributed by atoms with Gasteiger partial charge in [0.05, 0.1) is 0 Å². The van der Waals surface area contributed by atoms with Crippen molar-refractivity contribution in [2.45, 2.75) is 40.5 Å². The van der Waals surface area contributed by atoms with Crippen LogP contribution in [0.3, 0.4) is 0 Å². The van der Waals surface area contributed by atoms with Crippen LogP contribution in [0.4, 0.5) is 0 Å². The Kier molecular flexibility index (Phi) is 6.51. The van der Waals surface area contributed by atoms with E-state index in [4.69, 9.17) is 0 Å². The first-order valence-electron chi connectivity index (χ1n) is 9.35. The van der Waals surface area contributed by atoms with Gasteiger partial charge >= 0.3 is 0 Å². The average Bonchev–Trinajstić information content (AvgIpc) is 3.36. The zero-order valence-electron chi connectivity index (χ0n) is 16.7. The number of hydrogen-bond donors (Lipinski definition) is 0. The molecular weight excluding hydrogens is 356 g/mol. The molecule has 2 aromatic heterocycles. The maximum atomic E-state index is 4.52. The normalized spacial score (nSPS) is 17.3. The van der Waals surface area contributed by atoms with Crippen LogP contribution < -0.4 is 9.97 Å². The van der Waals surface area contributed by atoms with Gasteiger partial charge < -0.3 is 30.4 Å². The van der Waals surface area contributed by atoms with E-state index < -0.39 is 0 Å². The Morgan fingerprint density at radius 1 is 0.464 bits per heavy atom. The van der Waals surface area contributed by atoms with Gasteiger partial charge in [0.2, 0.25) is 0 Å². The average molecular weight is 380 g/mol. The Hall–Kier alpha value is -3.04. The van der Waals surface area contributed by atoms with E-state index >= 15 is 0 Å². The van der Waals surface area contributed by atoms with Gasteiger partial charge in [-0.05, 0) is 40.5 Å². The molecule has 4 bridgehead atoms. The van der Waals surface area contributed by atoms with Gasteiger partial charge in [0, 0.05) is 72.3 Å². The van der Waals surface area contributed by atoms with Gasteiger partial charge in [-0.3, -0.25) is 20.0 Å². The maximum absolute atomic E-state index is 4.52. The Bertz CT molecular complexity index is 783. The van der Waals surface area contributed by atoms with Crippen molar-refractivity contribution >= 4 is 22.8 Å². The smallest absolute Gasteiger partial charge is 0.0444 e. The standard InChI is InChI=1S/C18H24N10/c1-11-15-23-16(26-25-15)12(2)21-9-6-10-22-14(4)18-24-17(27-28-18)13(3)20-8-5-7-19-11/h5-10H2,1-4H3/q-2. The molecule has 0 aromatic carbocycles. The molecule has 148 valence electrons. The van der Waals surface area contributed by atoms with E-state index in [9.17, 15) is 0 Å². The fourth-order valence-electron chi connectivity index (χ4n) is 2.50. The minimum atomic E-state index is 0.544. The van der Waals surface area contributed by atoms with Crippen LogP contribution in [0.5, 0.6) is 0 Å². The van der Waals surface area contributed by atoms with Crippen molar-refractivity contribution in [2.75, 3.05) is 26.2 Å². The SMILES string of the molecule is CC1=NCCCN=C(C)c2nnc([n-]2)C(C)=NCCCN=C(C)c2nnc1[n-]2. The van der Waals surface area contributed by atoms with Gasteiger partial charge in [-0.15, -0.1) is 0 Å². The molecule has 0 N–H and O–H groups in total. The second-order valence-corrected chi connectivity index (χ2v) is 6.49. The molecule has 1 aliphatic heterocycles. The van der Waals surface area contributed by atoms with Crippen LogP contribution in [0.15, 0.2) is 20.0 Å². The topological polar surface area (TPSA) is 129 Å². The van der Waals surface area contributed by atoms with Gasteiger partial charge in [-0.1, -0.05) is 0 Å². The Morgan fingerprint density at radius 3 is 0.964 bits per heavy atom. The third-order valence-electron chi connectivity index (χ3n) is 4.23. The van der Waals surface area contributed by atoms with Crippen molar-refractivity contribution in [3.8, 4) is 0 Å². The highest BCUT2D eigenvalue weighted by molar-refractivity contribution is 5.99. The quantitative estimate of drug-likeness (QED) is 0.668. The van der Waals surface area contributed by atoms with Crippen LogP contribution in [0.2, 0.25) is 0 Å². The van der Waals surface area contributed by atoms with Crippen molar-refractivity contribution < 1.29 is 0 Å². The lowest BCUT2D eigenvalue weighted by atomic mass is 10.3. The van der Waals surface area contributed by atoms with Gasteiger partial charge in [-0.2, -0.15) is 0 Å². The number of hydrogen-bond acceptors (Lipinski definition) is 8. The van der Waals surface area contributed by atoms with E-state index in [1.165, 1.54) is 0 Å². The Labute approximate surface area is 163 Å². The monoisotopic (exact) mass is 380 g/mol. The molecular formula is C18H24N10-2. The van der Waals surface area contributed by atoms with Gasteiger partial charge in [0.15, 0.2) is 0 Å². The van der Waals surface area contributed by atoms with Crippen LogP contribution >= 0.6 is 0 Å². The first-order valence-corrected chi connectivity index (χ1v) is 9.35. The second-order valence-electron chi connectivity index (χ2n) is 6.49. The summed E-state index contributed by atoms with van der Waals surface area (Å²) in [7, 11) is 0. The predicted molar refractivity (Wildman–Crippen MR) is 108 cm³/mol. The summed E-state index contributed by atoms with van der Waals surface area (Å²) in [4.78, 5) is 26.9. The van der Waals surface area contributed by atoms with E-state index in [-0.39, 0.29) is 0 Å². The molecule has 0 aliphatic carbocycles. The van der Waals surface area contributed by atoms with E-state index in [1.54, 1.807) is 0 Å². The molecule has 0 radical (unpaired) electrons. The molecule has 2 aromatic rings. The molecule has 3 heterocycles. The third kappa shape index (κ3) is 5.02. The summed E-state index contributed by atoms with van der Waals surface area (Å²) in [6.45, 7) is 10.1. The van der Waals surface area contributed by atoms with Crippen LogP contribution in [0.25, 0.3) is 0 Å². The third-order valence-corrected chi connectivity index (χ3v) is 4.23. The predicted octanol–water partition coefficient (Wildman–Crippen LogP) is 0.911. The highest BCUT2D eigenvalue weighted by atomic mass is 15.2. The zero-order chi connectivity index (χ0) is 19.9. The lowest BCUT2D eigenvalue weighted by Crippen LogP contribution is -2.06. The van der Waals surface area contributed by atoms with Gasteiger partial charge in [-0.25, -0.2) is 0 Å². The number of nitrogens with zero attached hydrogens (tertiary/aromatic N) is 10. The van der Waals surface area contributed by atoms with E-state index in [0.29, 0.717) is 49.5 Å². The van der Waals surface area contributed by atoms with E-state index in [2.05, 4.69) is 50.3 Å². The molecule has 0 unspecified atom stereocenters. The van der Waals surface area contributed by atoms with E-state index in [0.717, 1.165) is 35.7 Å². The molecule has 0 amide bonds. The fourth-order valence-corrected chi connectivity index (χ4v) is 2.50.